The lowest BCUT2D eigenvalue weighted by atomic mass is 9.67. The Morgan fingerprint density at radius 2 is 0.812 bits per heavy atom. The standard InChI is InChI=1S/C94H74N2/c1-60(2)92(3,4)71-43-32-67(33-44-71)70-41-53-81-78-22-12-16-26-86(78)94(89(81)58-70)85-25-15-11-21-77(85)80-52-40-69(57-88(80)94)66-30-28-65(29-31-66)68-42-55-91-83(56-68)82-23-13-17-27-90(82)96(91)74-49-38-64(39-50-74)63-36-47-73(48-37-63)95(72-45-34-62(35-46-72)61-18-8-7-9-19-61)75-51-54-79-76-20-10-14-24-84(76)93(5,6)87(79)59-75/h7-15,17-25,27-60H,16,26H2,1-6H3. The first kappa shape index (κ1) is 57.6. The van der Waals surface area contributed by atoms with Gasteiger partial charge in [0.1, 0.15) is 0 Å². The second kappa shape index (κ2) is 22.0. The summed E-state index contributed by atoms with van der Waals surface area (Å²) < 4.78 is 2.43. The number of hydrogen-bond acceptors (Lipinski definition) is 1. The maximum Gasteiger partial charge on any atom is 0.0688 e. The molecule has 0 saturated carbocycles. The third-order valence-electron chi connectivity index (χ3n) is 22.7. The van der Waals surface area contributed by atoms with Crippen molar-refractivity contribution in [2.45, 2.75) is 70.6 Å². The van der Waals surface area contributed by atoms with Crippen LogP contribution >= 0.6 is 0 Å². The van der Waals surface area contributed by atoms with E-state index in [1.54, 1.807) is 0 Å². The molecule has 4 aliphatic carbocycles. The van der Waals surface area contributed by atoms with Crippen LogP contribution in [0.2, 0.25) is 0 Å². The molecule has 0 bridgehead atoms. The number of benzene rings is 13. The molecule has 1 spiro atoms. The van der Waals surface area contributed by atoms with E-state index < -0.39 is 0 Å². The summed E-state index contributed by atoms with van der Waals surface area (Å²) in [5.41, 5.74) is 36.6. The first-order valence-electron chi connectivity index (χ1n) is 34.4. The molecule has 0 N–H and O–H groups in total. The average molecular weight is 1230 g/mol. The fraction of sp³-hybridized carbons (Fsp3) is 0.128. The number of allylic oxidation sites excluding steroid dienone is 4. The normalized spacial score (nSPS) is 15.4. The molecule has 18 rings (SSSR count). The molecule has 0 amide bonds. The van der Waals surface area contributed by atoms with Gasteiger partial charge in [0.2, 0.25) is 0 Å². The summed E-state index contributed by atoms with van der Waals surface area (Å²) in [6, 6.07) is 112. The van der Waals surface area contributed by atoms with E-state index in [2.05, 4.69) is 360 Å². The van der Waals surface area contributed by atoms with Gasteiger partial charge in [-0.15, -0.1) is 0 Å². The van der Waals surface area contributed by atoms with Crippen LogP contribution in [0.5, 0.6) is 0 Å². The van der Waals surface area contributed by atoms with Crippen LogP contribution < -0.4 is 4.90 Å². The highest BCUT2D eigenvalue weighted by Crippen LogP contribution is 2.64. The van der Waals surface area contributed by atoms with E-state index in [-0.39, 0.29) is 16.2 Å². The number of para-hydroxylation sites is 1. The fourth-order valence-electron chi connectivity index (χ4n) is 16.8. The van der Waals surface area contributed by atoms with Crippen molar-refractivity contribution in [2.75, 3.05) is 4.90 Å². The van der Waals surface area contributed by atoms with Crippen LogP contribution in [0.4, 0.5) is 17.1 Å². The van der Waals surface area contributed by atoms with Gasteiger partial charge >= 0.3 is 0 Å². The Morgan fingerprint density at radius 1 is 0.365 bits per heavy atom. The summed E-state index contributed by atoms with van der Waals surface area (Å²) in [7, 11) is 0. The summed E-state index contributed by atoms with van der Waals surface area (Å²) in [6.07, 6.45) is 6.88. The van der Waals surface area contributed by atoms with Crippen molar-refractivity contribution in [3.8, 4) is 83.6 Å². The summed E-state index contributed by atoms with van der Waals surface area (Å²) >= 11 is 0. The number of anilines is 3. The average Bonchev–Trinajstić information content (AvgIpc) is 1.51. The second-order valence-electron chi connectivity index (χ2n) is 28.5. The van der Waals surface area contributed by atoms with Crippen molar-refractivity contribution in [1.29, 1.82) is 0 Å². The third-order valence-corrected chi connectivity index (χ3v) is 22.7. The van der Waals surface area contributed by atoms with E-state index in [1.165, 1.54) is 150 Å². The SMILES string of the molecule is CC(C)C(C)(C)c1ccc(-c2ccc3c(c2)C2(C4=C3C=CCC4)c3ccccc3-c3ccc(-c4ccc(-c5ccc6c(c5)c5ccccc5n6-c5ccc(-c6ccc(N(c7ccc(-c8ccccc8)cc7)c7ccc8c(c7)C(C)(C)c7ccccc7-8)cc6)cc5)cc4)cc32)cc1. The molecular weight excluding hydrogens is 1160 g/mol. The van der Waals surface area contributed by atoms with Crippen molar-refractivity contribution < 1.29 is 0 Å². The largest absolute Gasteiger partial charge is 0.310 e. The van der Waals surface area contributed by atoms with Crippen LogP contribution in [0.1, 0.15) is 93.3 Å². The molecule has 0 radical (unpaired) electrons. The van der Waals surface area contributed by atoms with Gasteiger partial charge in [-0.2, -0.15) is 0 Å². The molecule has 0 fully saturated rings. The fourth-order valence-corrected chi connectivity index (χ4v) is 16.8. The Kier molecular flexibility index (Phi) is 13.2. The Balaban J connectivity index is 0.647. The minimum absolute atomic E-state index is 0.0964. The highest BCUT2D eigenvalue weighted by molar-refractivity contribution is 6.10. The van der Waals surface area contributed by atoms with E-state index >= 15 is 0 Å². The van der Waals surface area contributed by atoms with Gasteiger partial charge in [0.15, 0.2) is 0 Å². The lowest BCUT2D eigenvalue weighted by molar-refractivity contribution is 0.372. The van der Waals surface area contributed by atoms with Crippen molar-refractivity contribution in [2.24, 2.45) is 5.92 Å². The number of rotatable bonds is 11. The zero-order valence-corrected chi connectivity index (χ0v) is 55.3. The molecule has 0 aliphatic heterocycles. The molecule has 2 heteroatoms. The van der Waals surface area contributed by atoms with Crippen LogP contribution in [-0.4, -0.2) is 4.57 Å². The molecule has 1 heterocycles. The Morgan fingerprint density at radius 3 is 1.47 bits per heavy atom. The van der Waals surface area contributed by atoms with Gasteiger partial charge in [-0.1, -0.05) is 272 Å². The van der Waals surface area contributed by atoms with E-state index in [0.29, 0.717) is 5.92 Å². The smallest absolute Gasteiger partial charge is 0.0688 e. The van der Waals surface area contributed by atoms with Crippen molar-refractivity contribution >= 4 is 44.4 Å². The quantitative estimate of drug-likeness (QED) is 0.125. The minimum atomic E-state index is -0.381. The van der Waals surface area contributed by atoms with Gasteiger partial charge in [0.05, 0.1) is 16.4 Å². The number of aromatic nitrogens is 1. The Labute approximate surface area is 564 Å². The van der Waals surface area contributed by atoms with Crippen molar-refractivity contribution in [3.63, 3.8) is 0 Å². The van der Waals surface area contributed by atoms with Crippen LogP contribution in [0, 0.1) is 5.92 Å². The first-order valence-corrected chi connectivity index (χ1v) is 34.4. The van der Waals surface area contributed by atoms with Gasteiger partial charge in [0, 0.05) is 38.9 Å². The highest BCUT2D eigenvalue weighted by Gasteiger charge is 2.53. The van der Waals surface area contributed by atoms with Gasteiger partial charge in [0.25, 0.3) is 0 Å². The van der Waals surface area contributed by atoms with Gasteiger partial charge in [-0.05, 0) is 231 Å². The van der Waals surface area contributed by atoms with Crippen LogP contribution in [-0.2, 0) is 16.2 Å². The first-order chi connectivity index (χ1) is 46.9. The topological polar surface area (TPSA) is 8.17 Å². The molecule has 1 atom stereocenters. The number of nitrogens with zero attached hydrogens (tertiary/aromatic N) is 2. The monoisotopic (exact) mass is 1230 g/mol. The van der Waals surface area contributed by atoms with Crippen LogP contribution in [0.3, 0.4) is 0 Å². The maximum atomic E-state index is 2.54. The zero-order valence-electron chi connectivity index (χ0n) is 55.3. The lowest BCUT2D eigenvalue weighted by Gasteiger charge is -2.34. The maximum absolute atomic E-state index is 2.54. The van der Waals surface area contributed by atoms with Crippen LogP contribution in [0.25, 0.3) is 111 Å². The molecule has 1 unspecified atom stereocenters. The van der Waals surface area contributed by atoms with E-state index in [0.717, 1.165) is 35.6 Å². The lowest BCUT2D eigenvalue weighted by Crippen LogP contribution is -2.28. The summed E-state index contributed by atoms with van der Waals surface area (Å²) in [4.78, 5) is 2.41. The van der Waals surface area contributed by atoms with E-state index in [9.17, 15) is 0 Å². The highest BCUT2D eigenvalue weighted by atomic mass is 15.1. The van der Waals surface area contributed by atoms with Gasteiger partial charge in [-0.3, -0.25) is 0 Å². The number of fused-ring (bicyclic) bond motifs is 15. The molecule has 14 aromatic rings. The zero-order chi connectivity index (χ0) is 64.6. The van der Waals surface area contributed by atoms with Crippen molar-refractivity contribution in [3.05, 3.63) is 354 Å². The molecule has 4 aliphatic rings. The van der Waals surface area contributed by atoms with Gasteiger partial charge in [-0.25, -0.2) is 0 Å². The van der Waals surface area contributed by atoms with E-state index in [4.69, 9.17) is 0 Å². The summed E-state index contributed by atoms with van der Waals surface area (Å²) in [5, 5.41) is 2.48. The minimum Gasteiger partial charge on any atom is -0.310 e. The Hall–Kier alpha value is -11.1. The predicted molar refractivity (Wildman–Crippen MR) is 405 cm³/mol. The third kappa shape index (κ3) is 8.84. The molecule has 1 aromatic heterocycles. The molecule has 13 aromatic carbocycles. The summed E-state index contributed by atoms with van der Waals surface area (Å²) in [6.45, 7) is 14.1. The Bertz CT molecular complexity index is 5500. The molecule has 0 saturated heterocycles. The number of hydrogen-bond donors (Lipinski definition) is 0. The van der Waals surface area contributed by atoms with Gasteiger partial charge < -0.3 is 9.47 Å². The molecular formula is C94H74N2. The molecule has 2 nitrogen and oxygen atoms in total. The molecule has 460 valence electrons. The predicted octanol–water partition coefficient (Wildman–Crippen LogP) is 25.3. The van der Waals surface area contributed by atoms with E-state index in [1.807, 2.05) is 0 Å². The second-order valence-corrected chi connectivity index (χ2v) is 28.5. The summed E-state index contributed by atoms with van der Waals surface area (Å²) in [5.74, 6) is 0.539. The molecule has 96 heavy (non-hydrogen) atoms. The van der Waals surface area contributed by atoms with Crippen molar-refractivity contribution in [1.82, 2.24) is 4.57 Å². The van der Waals surface area contributed by atoms with Crippen LogP contribution in [0.15, 0.2) is 315 Å².